The normalized spacial score (nSPS) is 31.0. The molecule has 1 saturated heterocycles. The highest BCUT2D eigenvalue weighted by Gasteiger charge is 2.50. The van der Waals surface area contributed by atoms with Crippen molar-refractivity contribution in [3.8, 4) is 11.5 Å². The van der Waals surface area contributed by atoms with Crippen molar-refractivity contribution in [1.29, 1.82) is 0 Å². The van der Waals surface area contributed by atoms with Gasteiger partial charge >= 0.3 is 6.03 Å². The molecule has 2 fully saturated rings. The lowest BCUT2D eigenvalue weighted by atomic mass is 9.78. The van der Waals surface area contributed by atoms with E-state index in [2.05, 4.69) is 24.5 Å². The molecule has 0 radical (unpaired) electrons. The number of carbonyl (C=O) groups excluding carboxylic acids is 3. The van der Waals surface area contributed by atoms with Crippen LogP contribution in [0.5, 0.6) is 11.5 Å². The van der Waals surface area contributed by atoms with Gasteiger partial charge in [-0.1, -0.05) is 32.8 Å². The maximum absolute atomic E-state index is 13.1. The smallest absolute Gasteiger partial charge is 0.325 e. The van der Waals surface area contributed by atoms with Crippen molar-refractivity contribution in [2.45, 2.75) is 51.6 Å². The Hall–Kier alpha value is -2.77. The van der Waals surface area contributed by atoms with Crippen LogP contribution in [-0.4, -0.2) is 42.1 Å². The summed E-state index contributed by atoms with van der Waals surface area (Å²) in [6, 6.07) is 4.63. The molecule has 2 heterocycles. The monoisotopic (exact) mass is 401 g/mol. The van der Waals surface area contributed by atoms with Crippen molar-refractivity contribution in [1.82, 2.24) is 15.5 Å². The molecule has 4 amide bonds. The van der Waals surface area contributed by atoms with E-state index in [1.54, 1.807) is 25.1 Å². The molecule has 4 atom stereocenters. The van der Waals surface area contributed by atoms with Gasteiger partial charge in [-0.05, 0) is 42.9 Å². The number of nitrogens with zero attached hydrogens (tertiary/aromatic N) is 1. The molecule has 8 nitrogen and oxygen atoms in total. The van der Waals surface area contributed by atoms with Crippen molar-refractivity contribution in [2.24, 2.45) is 11.8 Å². The number of carbonyl (C=O) groups is 3. The molecule has 2 N–H and O–H groups in total. The van der Waals surface area contributed by atoms with Crippen LogP contribution < -0.4 is 20.1 Å². The van der Waals surface area contributed by atoms with Crippen molar-refractivity contribution in [3.63, 3.8) is 0 Å². The molecule has 1 saturated carbocycles. The molecular formula is C21H27N3O5. The Morgan fingerprint density at radius 3 is 2.79 bits per heavy atom. The lowest BCUT2D eigenvalue weighted by Gasteiger charge is -2.34. The second kappa shape index (κ2) is 7.24. The number of imide groups is 1. The largest absolute Gasteiger partial charge is 0.454 e. The van der Waals surface area contributed by atoms with Gasteiger partial charge < -0.3 is 20.1 Å². The van der Waals surface area contributed by atoms with E-state index in [0.29, 0.717) is 28.9 Å². The van der Waals surface area contributed by atoms with Gasteiger partial charge in [-0.2, -0.15) is 0 Å². The zero-order valence-electron chi connectivity index (χ0n) is 17.0. The Bertz CT molecular complexity index is 857. The van der Waals surface area contributed by atoms with Crippen LogP contribution in [0.25, 0.3) is 0 Å². The van der Waals surface area contributed by atoms with Crippen LogP contribution >= 0.6 is 0 Å². The maximum Gasteiger partial charge on any atom is 0.325 e. The minimum Gasteiger partial charge on any atom is -0.454 e. The number of ether oxygens (including phenoxy) is 2. The summed E-state index contributed by atoms with van der Waals surface area (Å²) >= 11 is 0. The standard InChI is InChI=1S/C21H27N3O5/c1-12-5-4-6-15(13(12)2)22-18(25)10-24-19(26)21(3,23-20(24)27)14-7-8-16-17(9-14)29-11-28-16/h7-9,12-13,15H,4-6,10-11H2,1-3H3,(H,22,25)(H,23,27)/t12-,13+,15-,21+/m0/s1. The molecule has 0 unspecified atom stereocenters. The topological polar surface area (TPSA) is 97.0 Å². The van der Waals surface area contributed by atoms with Gasteiger partial charge in [0.1, 0.15) is 12.1 Å². The van der Waals surface area contributed by atoms with Crippen LogP contribution in [0.4, 0.5) is 4.79 Å². The summed E-state index contributed by atoms with van der Waals surface area (Å²) in [5.74, 6) is 1.27. The number of benzene rings is 1. The minimum absolute atomic E-state index is 0.0762. The van der Waals surface area contributed by atoms with E-state index in [4.69, 9.17) is 9.47 Å². The van der Waals surface area contributed by atoms with E-state index < -0.39 is 17.5 Å². The molecule has 8 heteroatoms. The van der Waals surface area contributed by atoms with Crippen LogP contribution in [0, 0.1) is 11.8 Å². The summed E-state index contributed by atoms with van der Waals surface area (Å²) in [4.78, 5) is 39.2. The lowest BCUT2D eigenvalue weighted by molar-refractivity contribution is -0.135. The van der Waals surface area contributed by atoms with Crippen LogP contribution in [0.1, 0.15) is 45.6 Å². The molecule has 156 valence electrons. The molecule has 4 rings (SSSR count). The van der Waals surface area contributed by atoms with E-state index in [1.807, 2.05) is 0 Å². The zero-order valence-corrected chi connectivity index (χ0v) is 17.0. The molecular weight excluding hydrogens is 374 g/mol. The first-order chi connectivity index (χ1) is 13.8. The molecule has 0 bridgehead atoms. The molecule has 3 aliphatic rings. The van der Waals surface area contributed by atoms with E-state index in [9.17, 15) is 14.4 Å². The molecule has 0 spiro atoms. The number of hydrogen-bond donors (Lipinski definition) is 2. The number of nitrogens with one attached hydrogen (secondary N) is 2. The summed E-state index contributed by atoms with van der Waals surface area (Å²) in [5, 5.41) is 5.74. The third-order valence-corrected chi connectivity index (χ3v) is 6.58. The number of fused-ring (bicyclic) bond motifs is 1. The van der Waals surface area contributed by atoms with Gasteiger partial charge in [0.25, 0.3) is 5.91 Å². The van der Waals surface area contributed by atoms with Crippen LogP contribution in [0.3, 0.4) is 0 Å². The summed E-state index contributed by atoms with van der Waals surface area (Å²) < 4.78 is 10.7. The first kappa shape index (κ1) is 19.5. The van der Waals surface area contributed by atoms with Gasteiger partial charge in [0.2, 0.25) is 12.7 Å². The first-order valence-corrected chi connectivity index (χ1v) is 10.1. The first-order valence-electron chi connectivity index (χ1n) is 10.1. The lowest BCUT2D eigenvalue weighted by Crippen LogP contribution is -2.48. The van der Waals surface area contributed by atoms with Gasteiger partial charge in [0.15, 0.2) is 11.5 Å². The van der Waals surface area contributed by atoms with E-state index in [-0.39, 0.29) is 25.3 Å². The summed E-state index contributed by atoms with van der Waals surface area (Å²) in [6.45, 7) is 5.80. The van der Waals surface area contributed by atoms with E-state index in [1.165, 1.54) is 0 Å². The average molecular weight is 401 g/mol. The maximum atomic E-state index is 13.1. The van der Waals surface area contributed by atoms with Crippen LogP contribution in [0.2, 0.25) is 0 Å². The summed E-state index contributed by atoms with van der Waals surface area (Å²) in [5.41, 5.74) is -0.678. The third-order valence-electron chi connectivity index (χ3n) is 6.58. The van der Waals surface area contributed by atoms with Gasteiger partial charge in [-0.3, -0.25) is 14.5 Å². The number of urea groups is 1. The number of rotatable bonds is 4. The predicted molar refractivity (Wildman–Crippen MR) is 104 cm³/mol. The molecule has 0 aromatic heterocycles. The molecule has 1 aromatic rings. The third kappa shape index (κ3) is 3.41. The number of amides is 4. The van der Waals surface area contributed by atoms with E-state index >= 15 is 0 Å². The Kier molecular flexibility index (Phi) is 4.88. The SMILES string of the molecule is C[C@H]1[C@@H](NC(=O)CN2C(=O)N[C@](C)(c3ccc4c(c3)OCO4)C2=O)CCC[C@@H]1C. The highest BCUT2D eigenvalue weighted by molar-refractivity contribution is 6.09. The van der Waals surface area contributed by atoms with Gasteiger partial charge in [-0.15, -0.1) is 0 Å². The fraction of sp³-hybridized carbons (Fsp3) is 0.571. The van der Waals surface area contributed by atoms with E-state index in [0.717, 1.165) is 24.2 Å². The van der Waals surface area contributed by atoms with Gasteiger partial charge in [-0.25, -0.2) is 4.79 Å². The quantitative estimate of drug-likeness (QED) is 0.754. The Morgan fingerprint density at radius 1 is 1.24 bits per heavy atom. The summed E-state index contributed by atoms with van der Waals surface area (Å²) in [6.07, 6.45) is 3.16. The fourth-order valence-corrected chi connectivity index (χ4v) is 4.43. The second-order valence-electron chi connectivity index (χ2n) is 8.46. The predicted octanol–water partition coefficient (Wildman–Crippen LogP) is 2.12. The highest BCUT2D eigenvalue weighted by Crippen LogP contribution is 2.38. The molecule has 1 aromatic carbocycles. The Balaban J connectivity index is 1.46. The molecule has 29 heavy (non-hydrogen) atoms. The average Bonchev–Trinajstić information content (AvgIpc) is 3.24. The van der Waals surface area contributed by atoms with Crippen LogP contribution in [-0.2, 0) is 15.1 Å². The molecule has 1 aliphatic carbocycles. The second-order valence-corrected chi connectivity index (χ2v) is 8.46. The fourth-order valence-electron chi connectivity index (χ4n) is 4.43. The zero-order chi connectivity index (χ0) is 20.8. The van der Waals surface area contributed by atoms with Gasteiger partial charge in [0, 0.05) is 6.04 Å². The number of hydrogen-bond acceptors (Lipinski definition) is 5. The minimum atomic E-state index is -1.26. The van der Waals surface area contributed by atoms with Crippen molar-refractivity contribution in [2.75, 3.05) is 13.3 Å². The van der Waals surface area contributed by atoms with Crippen molar-refractivity contribution in [3.05, 3.63) is 23.8 Å². The van der Waals surface area contributed by atoms with Gasteiger partial charge in [0.05, 0.1) is 0 Å². The summed E-state index contributed by atoms with van der Waals surface area (Å²) in [7, 11) is 0. The Labute approximate surface area is 169 Å². The van der Waals surface area contributed by atoms with Crippen molar-refractivity contribution >= 4 is 17.8 Å². The molecule has 2 aliphatic heterocycles. The van der Waals surface area contributed by atoms with Crippen molar-refractivity contribution < 1.29 is 23.9 Å². The Morgan fingerprint density at radius 2 is 2.00 bits per heavy atom. The van der Waals surface area contributed by atoms with Crippen LogP contribution in [0.15, 0.2) is 18.2 Å². The highest BCUT2D eigenvalue weighted by atomic mass is 16.7.